The number of ether oxygens (including phenoxy) is 1. The summed E-state index contributed by atoms with van der Waals surface area (Å²) in [6.07, 6.45) is 0. The Morgan fingerprint density at radius 3 is 2.44 bits per heavy atom. The average Bonchev–Trinajstić information content (AvgIpc) is 2.23. The van der Waals surface area contributed by atoms with Crippen molar-refractivity contribution in [1.29, 1.82) is 0 Å². The molecule has 16 heavy (non-hydrogen) atoms. The summed E-state index contributed by atoms with van der Waals surface area (Å²) < 4.78 is 5.68. The molecule has 0 saturated heterocycles. The van der Waals surface area contributed by atoms with E-state index in [1.807, 2.05) is 25.1 Å². The Morgan fingerprint density at radius 2 is 1.88 bits per heavy atom. The molecule has 0 aliphatic rings. The lowest BCUT2D eigenvalue weighted by atomic mass is 10.2. The molecule has 0 unspecified atom stereocenters. The largest absolute Gasteiger partial charge is 0.492 e. The van der Waals surface area contributed by atoms with Crippen molar-refractivity contribution < 1.29 is 4.74 Å². The maximum atomic E-state index is 5.75. The lowest BCUT2D eigenvalue weighted by Gasteiger charge is -2.18. The van der Waals surface area contributed by atoms with Gasteiger partial charge >= 0.3 is 0 Å². The van der Waals surface area contributed by atoms with E-state index in [0.29, 0.717) is 6.61 Å². The molecule has 0 aliphatic heterocycles. The predicted octanol–water partition coefficient (Wildman–Crippen LogP) is 2.30. The zero-order chi connectivity index (χ0) is 12.0. The molecule has 0 saturated carbocycles. The van der Waals surface area contributed by atoms with E-state index < -0.39 is 0 Å². The molecule has 2 N–H and O–H groups in total. The van der Waals surface area contributed by atoms with E-state index in [1.165, 1.54) is 0 Å². The molecule has 0 aromatic heterocycles. The van der Waals surface area contributed by atoms with Gasteiger partial charge in [0.25, 0.3) is 0 Å². The van der Waals surface area contributed by atoms with Crippen LogP contribution in [-0.2, 0) is 0 Å². The van der Waals surface area contributed by atoms with Crippen LogP contribution in [0.5, 0.6) is 5.75 Å². The van der Waals surface area contributed by atoms with Crippen molar-refractivity contribution in [2.24, 2.45) is 0 Å². The summed E-state index contributed by atoms with van der Waals surface area (Å²) in [5, 5.41) is 0. The number of hydrogen-bond acceptors (Lipinski definition) is 3. The van der Waals surface area contributed by atoms with Gasteiger partial charge in [-0.1, -0.05) is 13.8 Å². The molecule has 0 heterocycles. The number of rotatable bonds is 6. The quantitative estimate of drug-likeness (QED) is 0.751. The molecule has 1 aromatic carbocycles. The number of benzene rings is 1. The minimum Gasteiger partial charge on any atom is -0.492 e. The zero-order valence-electron chi connectivity index (χ0n) is 10.5. The topological polar surface area (TPSA) is 38.5 Å². The number of anilines is 1. The molecule has 0 bridgehead atoms. The van der Waals surface area contributed by atoms with Crippen LogP contribution in [-0.4, -0.2) is 31.1 Å². The van der Waals surface area contributed by atoms with Crippen molar-refractivity contribution in [1.82, 2.24) is 4.90 Å². The highest BCUT2D eigenvalue weighted by Crippen LogP contribution is 2.17. The third-order valence-electron chi connectivity index (χ3n) is 2.64. The molecule has 0 aliphatic carbocycles. The van der Waals surface area contributed by atoms with Crippen LogP contribution in [0, 0.1) is 6.92 Å². The van der Waals surface area contributed by atoms with Crippen LogP contribution in [0.1, 0.15) is 19.4 Å². The van der Waals surface area contributed by atoms with Gasteiger partial charge < -0.3 is 15.4 Å². The number of nitrogens with zero attached hydrogens (tertiary/aromatic N) is 1. The first-order chi connectivity index (χ1) is 7.65. The maximum Gasteiger partial charge on any atom is 0.121 e. The molecule has 1 rings (SSSR count). The fourth-order valence-electron chi connectivity index (χ4n) is 1.69. The van der Waals surface area contributed by atoms with Crippen molar-refractivity contribution in [3.05, 3.63) is 23.8 Å². The van der Waals surface area contributed by atoms with Crippen molar-refractivity contribution in [3.8, 4) is 5.75 Å². The maximum absolute atomic E-state index is 5.75. The standard InChI is InChI=1S/C13H22N2O/c1-4-15(5-2)6-7-16-13-9-11(3)8-12(14)10-13/h8-10H,4-7,14H2,1-3H3. The first-order valence-corrected chi connectivity index (χ1v) is 5.88. The van der Waals surface area contributed by atoms with Crippen molar-refractivity contribution in [3.63, 3.8) is 0 Å². The van der Waals surface area contributed by atoms with E-state index in [0.717, 1.165) is 36.6 Å². The number of likely N-dealkylation sites (N-methyl/N-ethyl adjacent to an activating group) is 1. The van der Waals surface area contributed by atoms with Gasteiger partial charge in [0, 0.05) is 18.3 Å². The SMILES string of the molecule is CCN(CC)CCOc1cc(C)cc(N)c1. The van der Waals surface area contributed by atoms with E-state index in [9.17, 15) is 0 Å². The summed E-state index contributed by atoms with van der Waals surface area (Å²) in [5.41, 5.74) is 7.65. The van der Waals surface area contributed by atoms with Gasteiger partial charge in [0.05, 0.1) is 0 Å². The zero-order valence-corrected chi connectivity index (χ0v) is 10.5. The molecule has 3 heteroatoms. The molecule has 3 nitrogen and oxygen atoms in total. The van der Waals surface area contributed by atoms with Gasteiger partial charge in [0.1, 0.15) is 12.4 Å². The van der Waals surface area contributed by atoms with E-state index in [4.69, 9.17) is 10.5 Å². The summed E-state index contributed by atoms with van der Waals surface area (Å²) in [4.78, 5) is 2.33. The molecule has 90 valence electrons. The van der Waals surface area contributed by atoms with Crippen LogP contribution < -0.4 is 10.5 Å². The number of nitrogen functional groups attached to an aromatic ring is 1. The van der Waals surface area contributed by atoms with E-state index in [-0.39, 0.29) is 0 Å². The number of hydrogen-bond donors (Lipinski definition) is 1. The van der Waals surface area contributed by atoms with Crippen molar-refractivity contribution >= 4 is 5.69 Å². The highest BCUT2D eigenvalue weighted by atomic mass is 16.5. The Kier molecular flexibility index (Phi) is 5.12. The van der Waals surface area contributed by atoms with Gasteiger partial charge in [-0.25, -0.2) is 0 Å². The monoisotopic (exact) mass is 222 g/mol. The molecule has 0 amide bonds. The highest BCUT2D eigenvalue weighted by Gasteiger charge is 2.00. The third-order valence-corrected chi connectivity index (χ3v) is 2.64. The van der Waals surface area contributed by atoms with Crippen LogP contribution in [0.4, 0.5) is 5.69 Å². The van der Waals surface area contributed by atoms with Crippen LogP contribution in [0.3, 0.4) is 0 Å². The first kappa shape index (κ1) is 12.8. The van der Waals surface area contributed by atoms with Crippen molar-refractivity contribution in [2.45, 2.75) is 20.8 Å². The fourth-order valence-corrected chi connectivity index (χ4v) is 1.69. The van der Waals surface area contributed by atoms with E-state index in [1.54, 1.807) is 0 Å². The summed E-state index contributed by atoms with van der Waals surface area (Å²) >= 11 is 0. The van der Waals surface area contributed by atoms with Crippen LogP contribution in [0.25, 0.3) is 0 Å². The van der Waals surface area contributed by atoms with Crippen LogP contribution in [0.2, 0.25) is 0 Å². The Morgan fingerprint density at radius 1 is 1.19 bits per heavy atom. The van der Waals surface area contributed by atoms with E-state index >= 15 is 0 Å². The minimum atomic E-state index is 0.713. The van der Waals surface area contributed by atoms with Gasteiger partial charge in [-0.2, -0.15) is 0 Å². The third kappa shape index (κ3) is 4.11. The Labute approximate surface area is 98.2 Å². The van der Waals surface area contributed by atoms with Crippen molar-refractivity contribution in [2.75, 3.05) is 32.0 Å². The molecular formula is C13H22N2O. The average molecular weight is 222 g/mol. The van der Waals surface area contributed by atoms with Gasteiger partial charge in [-0.05, 0) is 37.7 Å². The van der Waals surface area contributed by atoms with Gasteiger partial charge in [-0.3, -0.25) is 0 Å². The first-order valence-electron chi connectivity index (χ1n) is 5.88. The molecule has 0 fully saturated rings. The van der Waals surface area contributed by atoms with E-state index in [2.05, 4.69) is 18.7 Å². The smallest absolute Gasteiger partial charge is 0.121 e. The Hall–Kier alpha value is -1.22. The molecule has 0 spiro atoms. The Bertz CT molecular complexity index is 301. The van der Waals surface area contributed by atoms with Gasteiger partial charge in [0.15, 0.2) is 0 Å². The number of aryl methyl sites for hydroxylation is 1. The highest BCUT2D eigenvalue weighted by molar-refractivity contribution is 5.47. The minimum absolute atomic E-state index is 0.713. The summed E-state index contributed by atoms with van der Waals surface area (Å²) in [6.45, 7) is 10.1. The fraction of sp³-hybridized carbons (Fsp3) is 0.538. The second-order valence-electron chi connectivity index (χ2n) is 3.95. The molecule has 1 aromatic rings. The molecule has 0 atom stereocenters. The molecule has 0 radical (unpaired) electrons. The Balaban J connectivity index is 2.42. The lowest BCUT2D eigenvalue weighted by Crippen LogP contribution is -2.27. The van der Waals surface area contributed by atoms with Gasteiger partial charge in [0.2, 0.25) is 0 Å². The molecular weight excluding hydrogens is 200 g/mol. The van der Waals surface area contributed by atoms with Crippen LogP contribution >= 0.6 is 0 Å². The second kappa shape index (κ2) is 6.38. The normalized spacial score (nSPS) is 10.8. The van der Waals surface area contributed by atoms with Gasteiger partial charge in [-0.15, -0.1) is 0 Å². The lowest BCUT2D eigenvalue weighted by molar-refractivity contribution is 0.223. The van der Waals surface area contributed by atoms with Crippen LogP contribution in [0.15, 0.2) is 18.2 Å². The summed E-state index contributed by atoms with van der Waals surface area (Å²) in [7, 11) is 0. The summed E-state index contributed by atoms with van der Waals surface area (Å²) in [5.74, 6) is 0.865. The second-order valence-corrected chi connectivity index (χ2v) is 3.95. The number of nitrogens with two attached hydrogens (primary N) is 1. The predicted molar refractivity (Wildman–Crippen MR) is 68.9 cm³/mol. The summed E-state index contributed by atoms with van der Waals surface area (Å²) in [6, 6.07) is 5.82.